The first-order valence-electron chi connectivity index (χ1n) is 13.7. The van der Waals surface area contributed by atoms with E-state index in [0.717, 1.165) is 30.2 Å². The van der Waals surface area contributed by atoms with Crippen LogP contribution >= 0.6 is 11.6 Å². The van der Waals surface area contributed by atoms with Crippen LogP contribution in [0.2, 0.25) is 5.02 Å². The maximum atomic E-state index is 13.4. The number of halogens is 1. The summed E-state index contributed by atoms with van der Waals surface area (Å²) in [5, 5.41) is 9.44. The Hall–Kier alpha value is -3.53. The van der Waals surface area contributed by atoms with Crippen LogP contribution in [0.1, 0.15) is 15.9 Å². The summed E-state index contributed by atoms with van der Waals surface area (Å²) in [4.78, 5) is 34.6. The van der Waals surface area contributed by atoms with E-state index in [2.05, 4.69) is 39.1 Å². The number of piperazine rings is 1. The lowest BCUT2D eigenvalue weighted by Crippen LogP contribution is -2.53. The van der Waals surface area contributed by atoms with E-state index >= 15 is 0 Å². The van der Waals surface area contributed by atoms with E-state index in [1.54, 1.807) is 29.2 Å². The number of hydrogen-bond donors (Lipinski definition) is 0. The van der Waals surface area contributed by atoms with Crippen molar-refractivity contribution >= 4 is 29.2 Å². The first-order valence-corrected chi connectivity index (χ1v) is 14.1. The number of nitrogens with zero attached hydrogens (tertiary/aromatic N) is 6. The van der Waals surface area contributed by atoms with Crippen molar-refractivity contribution in [2.75, 3.05) is 77.0 Å². The third kappa shape index (κ3) is 7.15. The molecule has 3 aromatic rings. The molecule has 9 nitrogen and oxygen atoms in total. The Balaban J connectivity index is 1.18. The van der Waals surface area contributed by atoms with E-state index in [-0.39, 0.29) is 18.4 Å². The minimum Gasteiger partial charge on any atom is -0.379 e. The smallest absolute Gasteiger partial charge is 0.254 e. The van der Waals surface area contributed by atoms with Gasteiger partial charge in [-0.1, -0.05) is 41.4 Å². The summed E-state index contributed by atoms with van der Waals surface area (Å²) in [6.45, 7) is 8.73. The Morgan fingerprint density at radius 2 is 1.57 bits per heavy atom. The molecule has 0 radical (unpaired) electrons. The monoisotopic (exact) mass is 562 g/mol. The van der Waals surface area contributed by atoms with E-state index in [0.29, 0.717) is 63.1 Å². The number of rotatable bonds is 8. The number of hydrogen-bond acceptors (Lipinski definition) is 7. The Kier molecular flexibility index (Phi) is 9.26. The summed E-state index contributed by atoms with van der Waals surface area (Å²) < 4.78 is 5.44. The number of anilines is 1. The van der Waals surface area contributed by atoms with Crippen molar-refractivity contribution in [2.45, 2.75) is 6.92 Å². The molecular weight excluding hydrogens is 528 g/mol. The van der Waals surface area contributed by atoms with Crippen molar-refractivity contribution in [1.82, 2.24) is 24.9 Å². The minimum absolute atomic E-state index is 0.0385. The van der Waals surface area contributed by atoms with Crippen LogP contribution in [-0.4, -0.2) is 109 Å². The van der Waals surface area contributed by atoms with Crippen molar-refractivity contribution in [3.8, 4) is 11.3 Å². The van der Waals surface area contributed by atoms with E-state index in [4.69, 9.17) is 16.3 Å². The fraction of sp³-hybridized carbons (Fsp3) is 0.400. The zero-order chi connectivity index (χ0) is 27.9. The predicted molar refractivity (Wildman–Crippen MR) is 156 cm³/mol. The number of aryl methyl sites for hydroxylation is 1. The highest BCUT2D eigenvalue weighted by molar-refractivity contribution is 6.30. The molecule has 1 aromatic heterocycles. The minimum atomic E-state index is -0.166. The predicted octanol–water partition coefficient (Wildman–Crippen LogP) is 3.23. The van der Waals surface area contributed by atoms with Gasteiger partial charge in [0.05, 0.1) is 18.9 Å². The highest BCUT2D eigenvalue weighted by Gasteiger charge is 2.26. The van der Waals surface area contributed by atoms with Gasteiger partial charge < -0.3 is 19.4 Å². The molecule has 3 heterocycles. The molecular formula is C30H35ClN6O3. The summed E-state index contributed by atoms with van der Waals surface area (Å²) in [7, 11) is 0. The molecule has 0 aliphatic carbocycles. The fourth-order valence-corrected chi connectivity index (χ4v) is 5.06. The molecule has 2 fully saturated rings. The molecule has 0 atom stereocenters. The summed E-state index contributed by atoms with van der Waals surface area (Å²) >= 11 is 6.02. The molecule has 0 bridgehead atoms. The Labute approximate surface area is 240 Å². The lowest BCUT2D eigenvalue weighted by atomic mass is 10.1. The number of benzene rings is 2. The highest BCUT2D eigenvalue weighted by Crippen LogP contribution is 2.20. The molecule has 2 aliphatic rings. The van der Waals surface area contributed by atoms with Crippen LogP contribution < -0.4 is 4.90 Å². The van der Waals surface area contributed by atoms with Crippen molar-refractivity contribution < 1.29 is 14.3 Å². The normalized spacial score (nSPS) is 16.1. The lowest BCUT2D eigenvalue weighted by Gasteiger charge is -2.36. The van der Waals surface area contributed by atoms with Gasteiger partial charge in [-0.25, -0.2) is 0 Å². The maximum Gasteiger partial charge on any atom is 0.254 e. The van der Waals surface area contributed by atoms with Gasteiger partial charge in [0.15, 0.2) is 5.82 Å². The maximum absolute atomic E-state index is 13.4. The van der Waals surface area contributed by atoms with Crippen molar-refractivity contribution in [3.63, 3.8) is 0 Å². The van der Waals surface area contributed by atoms with Gasteiger partial charge in [0.2, 0.25) is 5.91 Å². The second kappa shape index (κ2) is 13.2. The first-order chi connectivity index (χ1) is 19.5. The van der Waals surface area contributed by atoms with Crippen LogP contribution in [0.4, 0.5) is 5.82 Å². The number of ether oxygens (including phenoxy) is 1. The van der Waals surface area contributed by atoms with Crippen LogP contribution in [-0.2, 0) is 9.53 Å². The number of carbonyl (C=O) groups is 2. The average Bonchev–Trinajstić information content (AvgIpc) is 3.00. The summed E-state index contributed by atoms with van der Waals surface area (Å²) in [6.07, 6.45) is 0. The zero-order valence-corrected chi connectivity index (χ0v) is 23.6. The molecule has 2 amide bonds. The molecule has 0 N–H and O–H groups in total. The van der Waals surface area contributed by atoms with Crippen LogP contribution in [0.15, 0.2) is 60.7 Å². The topological polar surface area (TPSA) is 82.1 Å². The highest BCUT2D eigenvalue weighted by atomic mass is 35.5. The van der Waals surface area contributed by atoms with Crippen LogP contribution in [0.5, 0.6) is 0 Å². The van der Waals surface area contributed by atoms with E-state index < -0.39 is 0 Å². The molecule has 0 unspecified atom stereocenters. The number of amides is 2. The molecule has 0 spiro atoms. The average molecular weight is 563 g/mol. The Morgan fingerprint density at radius 3 is 2.23 bits per heavy atom. The fourth-order valence-electron chi connectivity index (χ4n) is 4.93. The van der Waals surface area contributed by atoms with Gasteiger partial charge in [0.1, 0.15) is 6.54 Å². The Morgan fingerprint density at radius 1 is 0.875 bits per heavy atom. The zero-order valence-electron chi connectivity index (χ0n) is 22.8. The third-order valence-electron chi connectivity index (χ3n) is 7.45. The quantitative estimate of drug-likeness (QED) is 0.417. The summed E-state index contributed by atoms with van der Waals surface area (Å²) in [5.41, 5.74) is 3.60. The van der Waals surface area contributed by atoms with Crippen LogP contribution in [0, 0.1) is 6.92 Å². The summed E-state index contributed by atoms with van der Waals surface area (Å²) in [6, 6.07) is 19.0. The SMILES string of the molecule is Cc1ccc(-c2ccc(N3CCN(C(=O)CN(CCN4CCOCC4)C(=O)c4ccc(Cl)cc4)CC3)nn2)cc1. The van der Waals surface area contributed by atoms with E-state index in [1.165, 1.54) is 5.56 Å². The van der Waals surface area contributed by atoms with Gasteiger partial charge in [-0.2, -0.15) is 0 Å². The van der Waals surface area contributed by atoms with Crippen LogP contribution in [0.25, 0.3) is 11.3 Å². The molecule has 2 aliphatic heterocycles. The number of aromatic nitrogens is 2. The second-order valence-electron chi connectivity index (χ2n) is 10.2. The molecule has 2 aromatic carbocycles. The van der Waals surface area contributed by atoms with Gasteiger partial charge in [-0.15, -0.1) is 10.2 Å². The van der Waals surface area contributed by atoms with Crippen molar-refractivity contribution in [2.24, 2.45) is 0 Å². The van der Waals surface area contributed by atoms with Gasteiger partial charge in [0, 0.05) is 68.5 Å². The largest absolute Gasteiger partial charge is 0.379 e. The molecule has 10 heteroatoms. The van der Waals surface area contributed by atoms with Gasteiger partial charge in [0.25, 0.3) is 5.91 Å². The molecule has 2 saturated heterocycles. The summed E-state index contributed by atoms with van der Waals surface area (Å²) in [5.74, 6) is 0.582. The first kappa shape index (κ1) is 28.0. The molecule has 40 heavy (non-hydrogen) atoms. The van der Waals surface area contributed by atoms with Gasteiger partial charge in [-0.05, 0) is 43.3 Å². The van der Waals surface area contributed by atoms with Gasteiger partial charge >= 0.3 is 0 Å². The third-order valence-corrected chi connectivity index (χ3v) is 7.70. The molecule has 5 rings (SSSR count). The number of morpholine rings is 1. The lowest BCUT2D eigenvalue weighted by molar-refractivity contribution is -0.132. The molecule has 210 valence electrons. The molecule has 0 saturated carbocycles. The Bertz CT molecular complexity index is 1270. The van der Waals surface area contributed by atoms with Crippen LogP contribution in [0.3, 0.4) is 0 Å². The van der Waals surface area contributed by atoms with Gasteiger partial charge in [-0.3, -0.25) is 14.5 Å². The standard InChI is InChI=1S/C30H35ClN6O3/c1-23-2-4-24(5-3-23)27-10-11-28(33-32-27)35-14-16-36(17-15-35)29(38)22-37(13-12-34-18-20-40-21-19-34)30(39)25-6-8-26(31)9-7-25/h2-11H,12-22H2,1H3. The van der Waals surface area contributed by atoms with Crippen molar-refractivity contribution in [1.29, 1.82) is 0 Å². The van der Waals surface area contributed by atoms with E-state index in [9.17, 15) is 9.59 Å². The van der Waals surface area contributed by atoms with Crippen molar-refractivity contribution in [3.05, 3.63) is 76.8 Å². The second-order valence-corrected chi connectivity index (χ2v) is 10.6. The number of carbonyl (C=O) groups excluding carboxylic acids is 2. The van der Waals surface area contributed by atoms with E-state index in [1.807, 2.05) is 29.2 Å².